The van der Waals surface area contributed by atoms with Crippen LogP contribution in [0, 0.1) is 0 Å². The van der Waals surface area contributed by atoms with Gasteiger partial charge < -0.3 is 5.11 Å². The van der Waals surface area contributed by atoms with Gasteiger partial charge in [0.25, 0.3) is 0 Å². The SMILES string of the molecule is CCc1cccnc1C(O)c1ccc2ncccc2c1. The molecule has 0 aliphatic rings. The number of aliphatic hydroxyl groups is 1. The molecule has 1 unspecified atom stereocenters. The number of aromatic nitrogens is 2. The molecule has 0 aliphatic heterocycles. The molecule has 2 aromatic heterocycles. The second-order valence-electron chi connectivity index (χ2n) is 4.76. The highest BCUT2D eigenvalue weighted by molar-refractivity contribution is 5.79. The lowest BCUT2D eigenvalue weighted by atomic mass is 9.99. The van der Waals surface area contributed by atoms with Crippen LogP contribution in [-0.2, 0) is 6.42 Å². The Labute approximate surface area is 117 Å². The summed E-state index contributed by atoms with van der Waals surface area (Å²) in [5.41, 5.74) is 3.59. The molecule has 20 heavy (non-hydrogen) atoms. The van der Waals surface area contributed by atoms with Gasteiger partial charge in [0.15, 0.2) is 0 Å². The molecule has 0 spiro atoms. The highest BCUT2D eigenvalue weighted by Gasteiger charge is 2.15. The van der Waals surface area contributed by atoms with Crippen molar-refractivity contribution >= 4 is 10.9 Å². The average Bonchev–Trinajstić information content (AvgIpc) is 2.53. The van der Waals surface area contributed by atoms with E-state index in [0.717, 1.165) is 34.1 Å². The molecule has 0 saturated heterocycles. The lowest BCUT2D eigenvalue weighted by molar-refractivity contribution is 0.214. The maximum absolute atomic E-state index is 10.6. The van der Waals surface area contributed by atoms with Crippen molar-refractivity contribution in [1.29, 1.82) is 0 Å². The first kappa shape index (κ1) is 12.8. The molecule has 3 rings (SSSR count). The minimum Gasteiger partial charge on any atom is -0.382 e. The molecule has 3 heteroatoms. The Kier molecular flexibility index (Phi) is 3.44. The Morgan fingerprint density at radius 2 is 1.85 bits per heavy atom. The van der Waals surface area contributed by atoms with Gasteiger partial charge in [0.05, 0.1) is 11.2 Å². The lowest BCUT2D eigenvalue weighted by Crippen LogP contribution is -2.06. The number of benzene rings is 1. The Morgan fingerprint density at radius 3 is 2.70 bits per heavy atom. The summed E-state index contributed by atoms with van der Waals surface area (Å²) in [4.78, 5) is 8.63. The van der Waals surface area contributed by atoms with Crippen LogP contribution in [0.3, 0.4) is 0 Å². The maximum Gasteiger partial charge on any atom is 0.121 e. The zero-order valence-electron chi connectivity index (χ0n) is 11.3. The third kappa shape index (κ3) is 2.28. The third-order valence-electron chi connectivity index (χ3n) is 3.51. The van der Waals surface area contributed by atoms with Gasteiger partial charge in [0.1, 0.15) is 6.10 Å². The molecule has 0 aliphatic carbocycles. The summed E-state index contributed by atoms with van der Waals surface area (Å²) in [6.07, 6.45) is 3.65. The van der Waals surface area contributed by atoms with Gasteiger partial charge in [-0.2, -0.15) is 0 Å². The van der Waals surface area contributed by atoms with Gasteiger partial charge in [-0.1, -0.05) is 25.1 Å². The molecule has 1 N–H and O–H groups in total. The number of hydrogen-bond donors (Lipinski definition) is 1. The molecule has 1 aromatic carbocycles. The van der Waals surface area contributed by atoms with Gasteiger partial charge in [-0.05, 0) is 41.8 Å². The molecular weight excluding hydrogens is 248 g/mol. The first-order chi connectivity index (χ1) is 9.79. The zero-order chi connectivity index (χ0) is 13.9. The average molecular weight is 264 g/mol. The van der Waals surface area contributed by atoms with E-state index in [-0.39, 0.29) is 0 Å². The van der Waals surface area contributed by atoms with E-state index in [4.69, 9.17) is 0 Å². The highest BCUT2D eigenvalue weighted by Crippen LogP contribution is 2.25. The predicted octanol–water partition coefficient (Wildman–Crippen LogP) is 3.27. The second kappa shape index (κ2) is 5.39. The molecule has 0 fully saturated rings. The van der Waals surface area contributed by atoms with Crippen LogP contribution < -0.4 is 0 Å². The fourth-order valence-corrected chi connectivity index (χ4v) is 2.42. The first-order valence-electron chi connectivity index (χ1n) is 6.76. The summed E-state index contributed by atoms with van der Waals surface area (Å²) in [6.45, 7) is 2.07. The Bertz CT molecular complexity index is 740. The van der Waals surface area contributed by atoms with Crippen molar-refractivity contribution in [3.63, 3.8) is 0 Å². The van der Waals surface area contributed by atoms with E-state index in [2.05, 4.69) is 16.9 Å². The van der Waals surface area contributed by atoms with Crippen molar-refractivity contribution in [2.45, 2.75) is 19.4 Å². The van der Waals surface area contributed by atoms with Crippen molar-refractivity contribution in [1.82, 2.24) is 9.97 Å². The van der Waals surface area contributed by atoms with Gasteiger partial charge in [0, 0.05) is 17.8 Å². The van der Waals surface area contributed by atoms with Crippen LogP contribution >= 0.6 is 0 Å². The number of nitrogens with zero attached hydrogens (tertiary/aromatic N) is 2. The van der Waals surface area contributed by atoms with Crippen molar-refractivity contribution in [2.24, 2.45) is 0 Å². The molecule has 100 valence electrons. The van der Waals surface area contributed by atoms with Crippen molar-refractivity contribution in [2.75, 3.05) is 0 Å². The Balaban J connectivity index is 2.05. The second-order valence-corrected chi connectivity index (χ2v) is 4.76. The van der Waals surface area contributed by atoms with Crippen molar-refractivity contribution in [3.05, 3.63) is 71.7 Å². The molecule has 0 bridgehead atoms. The quantitative estimate of drug-likeness (QED) is 0.789. The van der Waals surface area contributed by atoms with Gasteiger partial charge in [0.2, 0.25) is 0 Å². The number of aliphatic hydroxyl groups excluding tert-OH is 1. The normalized spacial score (nSPS) is 12.5. The molecule has 1 atom stereocenters. The summed E-state index contributed by atoms with van der Waals surface area (Å²) < 4.78 is 0. The molecule has 3 nitrogen and oxygen atoms in total. The molecule has 0 radical (unpaired) electrons. The number of hydrogen-bond acceptors (Lipinski definition) is 3. The van der Waals surface area contributed by atoms with Crippen LogP contribution in [0.25, 0.3) is 10.9 Å². The predicted molar refractivity (Wildman–Crippen MR) is 79.4 cm³/mol. The van der Waals surface area contributed by atoms with E-state index in [1.165, 1.54) is 0 Å². The van der Waals surface area contributed by atoms with E-state index in [9.17, 15) is 5.11 Å². The van der Waals surface area contributed by atoms with Gasteiger partial charge in [-0.25, -0.2) is 0 Å². The van der Waals surface area contributed by atoms with E-state index < -0.39 is 6.10 Å². The minimum atomic E-state index is -0.698. The van der Waals surface area contributed by atoms with E-state index in [1.54, 1.807) is 12.4 Å². The van der Waals surface area contributed by atoms with Crippen molar-refractivity contribution < 1.29 is 5.11 Å². The number of aryl methyl sites for hydroxylation is 1. The fraction of sp³-hybridized carbons (Fsp3) is 0.176. The maximum atomic E-state index is 10.6. The Morgan fingerprint density at radius 1 is 1.05 bits per heavy atom. The summed E-state index contributed by atoms with van der Waals surface area (Å²) in [7, 11) is 0. The number of fused-ring (bicyclic) bond motifs is 1. The Hall–Kier alpha value is -2.26. The van der Waals surface area contributed by atoms with Crippen LogP contribution in [0.15, 0.2) is 54.9 Å². The zero-order valence-corrected chi connectivity index (χ0v) is 11.3. The van der Waals surface area contributed by atoms with Gasteiger partial charge in [-0.3, -0.25) is 9.97 Å². The van der Waals surface area contributed by atoms with Crippen LogP contribution in [0.4, 0.5) is 0 Å². The molecule has 2 heterocycles. The van der Waals surface area contributed by atoms with Crippen LogP contribution in [0.2, 0.25) is 0 Å². The molecule has 0 amide bonds. The largest absolute Gasteiger partial charge is 0.382 e. The van der Waals surface area contributed by atoms with Crippen molar-refractivity contribution in [3.8, 4) is 0 Å². The van der Waals surface area contributed by atoms with Crippen LogP contribution in [-0.4, -0.2) is 15.1 Å². The smallest absolute Gasteiger partial charge is 0.121 e. The standard InChI is InChI=1S/C17H16N2O/c1-2-12-5-3-10-19-16(12)17(20)14-7-8-15-13(11-14)6-4-9-18-15/h3-11,17,20H,2H2,1H3. The monoisotopic (exact) mass is 264 g/mol. The van der Waals surface area contributed by atoms with E-state index in [1.807, 2.05) is 42.5 Å². The fourth-order valence-electron chi connectivity index (χ4n) is 2.42. The lowest BCUT2D eigenvalue weighted by Gasteiger charge is -2.14. The van der Waals surface area contributed by atoms with E-state index >= 15 is 0 Å². The molecular formula is C17H16N2O. The van der Waals surface area contributed by atoms with Crippen LogP contribution in [0.5, 0.6) is 0 Å². The summed E-state index contributed by atoms with van der Waals surface area (Å²) in [6, 6.07) is 13.6. The summed E-state index contributed by atoms with van der Waals surface area (Å²) in [5.74, 6) is 0. The van der Waals surface area contributed by atoms with Gasteiger partial charge >= 0.3 is 0 Å². The topological polar surface area (TPSA) is 46.0 Å². The highest BCUT2D eigenvalue weighted by atomic mass is 16.3. The molecule has 0 saturated carbocycles. The molecule has 3 aromatic rings. The number of rotatable bonds is 3. The summed E-state index contributed by atoms with van der Waals surface area (Å²) in [5, 5.41) is 11.6. The summed E-state index contributed by atoms with van der Waals surface area (Å²) >= 11 is 0. The van der Waals surface area contributed by atoms with Gasteiger partial charge in [-0.15, -0.1) is 0 Å². The minimum absolute atomic E-state index is 0.698. The first-order valence-corrected chi connectivity index (χ1v) is 6.76. The van der Waals surface area contributed by atoms with Crippen LogP contribution in [0.1, 0.15) is 29.8 Å². The van der Waals surface area contributed by atoms with E-state index in [0.29, 0.717) is 0 Å². The number of pyridine rings is 2. The third-order valence-corrected chi connectivity index (χ3v) is 3.51.